The second-order valence-corrected chi connectivity index (χ2v) is 16.3. The number of carbonyl (C=O) groups is 1. The summed E-state index contributed by atoms with van der Waals surface area (Å²) in [4.78, 5) is 13.1. The van der Waals surface area contributed by atoms with E-state index in [0.29, 0.717) is 30.3 Å². The molecule has 0 aromatic heterocycles. The molecule has 2 fully saturated rings. The van der Waals surface area contributed by atoms with Crippen molar-refractivity contribution in [3.05, 3.63) is 53.6 Å². The van der Waals surface area contributed by atoms with Crippen LogP contribution < -0.4 is 20.5 Å². The lowest BCUT2D eigenvalue weighted by Crippen LogP contribution is -2.45. The number of nitrogen functional groups attached to an aromatic ring is 1. The van der Waals surface area contributed by atoms with Crippen LogP contribution in [0, 0.1) is 11.8 Å². The number of alkyl carbamates (subject to hydrolysis) is 1. The highest BCUT2D eigenvalue weighted by atomic mass is 32.2. The third-order valence-electron chi connectivity index (χ3n) is 8.88. The van der Waals surface area contributed by atoms with E-state index in [4.69, 9.17) is 33.7 Å². The normalized spacial score (nSPS) is 20.3. The molecule has 0 bridgehead atoms. The average Bonchev–Trinajstić information content (AvgIpc) is 3.69. The van der Waals surface area contributed by atoms with E-state index >= 15 is 0 Å². The number of aliphatic hydroxyl groups excluding tert-OH is 1. The highest BCUT2D eigenvalue weighted by molar-refractivity contribution is 7.92. The zero-order valence-electron chi connectivity index (χ0n) is 29.2. The quantitative estimate of drug-likeness (QED) is 0.104. The number of benzene rings is 2. The Hall–Kier alpha value is -2.91. The van der Waals surface area contributed by atoms with Gasteiger partial charge in [0.25, 0.3) is 0 Å². The van der Waals surface area contributed by atoms with E-state index in [9.17, 15) is 22.9 Å². The molecule has 14 nitrogen and oxygen atoms in total. The molecule has 2 aliphatic heterocycles. The summed E-state index contributed by atoms with van der Waals surface area (Å²) in [7, 11) is -7.58. The number of hydrogen-bond donors (Lipinski definition) is 4. The van der Waals surface area contributed by atoms with Gasteiger partial charge in [-0.15, -0.1) is 0 Å². The van der Waals surface area contributed by atoms with Crippen LogP contribution in [0.4, 0.5) is 16.2 Å². The topological polar surface area (TPSA) is 194 Å². The monoisotopic (exact) mass is 741 g/mol. The molecule has 1 amide bonds. The van der Waals surface area contributed by atoms with Crippen molar-refractivity contribution >= 4 is 35.1 Å². The largest absolute Gasteiger partial charge is 0.481 e. The number of ether oxygens (including phenoxy) is 4. The Labute approximate surface area is 295 Å². The summed E-state index contributed by atoms with van der Waals surface area (Å²) in [5, 5.41) is 14.0. The van der Waals surface area contributed by atoms with Crippen LogP contribution in [-0.2, 0) is 50.7 Å². The summed E-state index contributed by atoms with van der Waals surface area (Å²) in [6.45, 7) is 8.84. The van der Waals surface area contributed by atoms with Crippen molar-refractivity contribution in [2.24, 2.45) is 11.8 Å². The molecule has 4 rings (SSSR count). The van der Waals surface area contributed by atoms with Gasteiger partial charge < -0.3 is 44.2 Å². The number of sulfonamides is 1. The first kappa shape index (κ1) is 39.9. The lowest BCUT2D eigenvalue weighted by atomic mass is 9.94. The highest BCUT2D eigenvalue weighted by Crippen LogP contribution is 2.47. The Kier molecular flexibility index (Phi) is 14.8. The van der Waals surface area contributed by atoms with Gasteiger partial charge in [0.1, 0.15) is 18.0 Å². The lowest BCUT2D eigenvalue weighted by molar-refractivity contribution is -0.0905. The van der Waals surface area contributed by atoms with Crippen molar-refractivity contribution in [1.29, 1.82) is 0 Å². The maximum absolute atomic E-state index is 13.3. The van der Waals surface area contributed by atoms with Gasteiger partial charge in [0, 0.05) is 12.3 Å². The summed E-state index contributed by atoms with van der Waals surface area (Å²) in [6.07, 6.45) is -0.794. The molecule has 0 aliphatic carbocycles. The van der Waals surface area contributed by atoms with Crippen molar-refractivity contribution in [3.63, 3.8) is 0 Å². The molecule has 0 saturated carbocycles. The van der Waals surface area contributed by atoms with Gasteiger partial charge in [-0.2, -0.15) is 0 Å². The Bertz CT molecular complexity index is 1530. The number of nitrogens with one attached hydrogen (secondary N) is 2. The number of nitrogens with two attached hydrogens (primary N) is 1. The molecule has 5 N–H and O–H groups in total. The smallest absolute Gasteiger partial charge is 0.407 e. The Morgan fingerprint density at radius 3 is 2.34 bits per heavy atom. The fraction of sp³-hybridized carbons (Fsp3) is 0.618. The molecule has 280 valence electrons. The molecular formula is C34H52N3O11PS. The molecule has 0 radical (unpaired) electrons. The molecule has 0 spiro atoms. The molecule has 2 aliphatic rings. The minimum atomic E-state index is -4.14. The number of carbonyl (C=O) groups excluding carboxylic acids is 1. The third kappa shape index (κ3) is 11.6. The first-order valence-corrected chi connectivity index (χ1v) is 20.6. The SMILES string of the molecule is CCOP(=O)(COc1ccc(C[C@H](OC(=O)NC2COC3OCCC23)[C@@H](O)CS(=O)(=O)Nc2ccc(CC(CC)CC)cc2N)cc1)OCC. The van der Waals surface area contributed by atoms with E-state index < -0.39 is 48.0 Å². The van der Waals surface area contributed by atoms with Crippen molar-refractivity contribution in [3.8, 4) is 5.75 Å². The summed E-state index contributed by atoms with van der Waals surface area (Å²) in [5.74, 6) is 0.0824. The summed E-state index contributed by atoms with van der Waals surface area (Å²) in [6, 6.07) is 11.4. The molecule has 50 heavy (non-hydrogen) atoms. The summed E-state index contributed by atoms with van der Waals surface area (Å²) >= 11 is 0. The first-order chi connectivity index (χ1) is 23.9. The standard InChI is InChI=1S/C34H52N3O11PS/c1-5-23(6-2)17-25-11-14-29(28(35)18-25)37-50(41,42)21-31(38)32(48-34(39)36-30-20-44-33-27(30)15-16-43-33)19-24-9-12-26(13-10-24)45-22-49(40,46-7-3)47-8-4/h9-14,18,23,27,30-33,37-38H,5-8,15-17,19-22,35H2,1-4H3,(H,36,39)/t27?,30?,31-,32-,33?/m0/s1. The number of amides is 1. The van der Waals surface area contributed by atoms with Crippen LogP contribution in [0.1, 0.15) is 58.1 Å². The molecule has 2 heterocycles. The number of anilines is 2. The molecule has 2 saturated heterocycles. The van der Waals surface area contributed by atoms with E-state index in [1.54, 1.807) is 50.2 Å². The van der Waals surface area contributed by atoms with Gasteiger partial charge in [-0.05, 0) is 68.0 Å². The van der Waals surface area contributed by atoms with E-state index in [-0.39, 0.29) is 55.9 Å². The van der Waals surface area contributed by atoms with Crippen LogP contribution in [0.25, 0.3) is 0 Å². The Morgan fingerprint density at radius 2 is 1.70 bits per heavy atom. The Morgan fingerprint density at radius 1 is 1.02 bits per heavy atom. The zero-order valence-corrected chi connectivity index (χ0v) is 31.0. The van der Waals surface area contributed by atoms with Crippen molar-refractivity contribution in [2.75, 3.05) is 49.0 Å². The van der Waals surface area contributed by atoms with E-state index in [1.165, 1.54) is 0 Å². The van der Waals surface area contributed by atoms with Crippen LogP contribution in [0.15, 0.2) is 42.5 Å². The fourth-order valence-electron chi connectivity index (χ4n) is 6.09. The number of rotatable bonds is 20. The predicted octanol–water partition coefficient (Wildman–Crippen LogP) is 5.05. The third-order valence-corrected chi connectivity index (χ3v) is 11.9. The molecular weight excluding hydrogens is 689 g/mol. The van der Waals surface area contributed by atoms with E-state index in [2.05, 4.69) is 23.9 Å². The average molecular weight is 742 g/mol. The number of fused-ring (bicyclic) bond motifs is 1. The van der Waals surface area contributed by atoms with Crippen LogP contribution in [0.5, 0.6) is 5.75 Å². The molecule has 2 aromatic rings. The number of aliphatic hydroxyl groups is 1. The van der Waals surface area contributed by atoms with Crippen LogP contribution >= 0.6 is 7.60 Å². The summed E-state index contributed by atoms with van der Waals surface area (Å²) in [5.41, 5.74) is 8.32. The van der Waals surface area contributed by atoms with Gasteiger partial charge >= 0.3 is 13.7 Å². The second-order valence-electron chi connectivity index (χ2n) is 12.5. The molecule has 16 heteroatoms. The van der Waals surface area contributed by atoms with Crippen molar-refractivity contribution < 1.29 is 50.9 Å². The second kappa shape index (κ2) is 18.5. The van der Waals surface area contributed by atoms with Gasteiger partial charge in [0.2, 0.25) is 10.0 Å². The minimum Gasteiger partial charge on any atom is -0.481 e. The van der Waals surface area contributed by atoms with Gasteiger partial charge in [-0.25, -0.2) is 13.2 Å². The van der Waals surface area contributed by atoms with Crippen molar-refractivity contribution in [2.45, 2.75) is 84.3 Å². The highest BCUT2D eigenvalue weighted by Gasteiger charge is 2.43. The first-order valence-electron chi connectivity index (χ1n) is 17.2. The van der Waals surface area contributed by atoms with Crippen molar-refractivity contribution in [1.82, 2.24) is 5.32 Å². The number of hydrogen-bond acceptors (Lipinski definition) is 12. The van der Waals surface area contributed by atoms with E-state index in [1.807, 2.05) is 6.07 Å². The minimum absolute atomic E-state index is 0.0238. The zero-order chi connectivity index (χ0) is 36.3. The van der Waals surface area contributed by atoms with Crippen LogP contribution in [0.3, 0.4) is 0 Å². The van der Waals surface area contributed by atoms with Crippen LogP contribution in [-0.4, -0.2) is 82.7 Å². The van der Waals surface area contributed by atoms with Gasteiger partial charge in [-0.1, -0.05) is 44.9 Å². The van der Waals surface area contributed by atoms with Crippen LogP contribution in [0.2, 0.25) is 0 Å². The molecule has 3 unspecified atom stereocenters. The molecule has 5 atom stereocenters. The van der Waals surface area contributed by atoms with Gasteiger partial charge in [-0.3, -0.25) is 9.29 Å². The fourth-order valence-corrected chi connectivity index (χ4v) is 8.68. The van der Waals surface area contributed by atoms with E-state index in [0.717, 1.165) is 24.8 Å². The maximum Gasteiger partial charge on any atom is 0.407 e. The predicted molar refractivity (Wildman–Crippen MR) is 190 cm³/mol. The molecule has 2 aromatic carbocycles. The Balaban J connectivity index is 1.44. The summed E-state index contributed by atoms with van der Waals surface area (Å²) < 4.78 is 74.8. The van der Waals surface area contributed by atoms with Gasteiger partial charge in [0.05, 0.1) is 49.6 Å². The van der Waals surface area contributed by atoms with Gasteiger partial charge in [0.15, 0.2) is 12.6 Å². The maximum atomic E-state index is 13.3. The lowest BCUT2D eigenvalue weighted by Gasteiger charge is -2.25.